The van der Waals surface area contributed by atoms with Crippen molar-refractivity contribution in [2.45, 2.75) is 32.8 Å². The number of anilines is 1. The summed E-state index contributed by atoms with van der Waals surface area (Å²) in [5.74, 6) is 1.36. The first-order chi connectivity index (χ1) is 9.19. The van der Waals surface area contributed by atoms with Crippen molar-refractivity contribution in [2.75, 3.05) is 18.0 Å². The molecule has 1 N–H and O–H groups in total. The summed E-state index contributed by atoms with van der Waals surface area (Å²) in [6.07, 6.45) is 3.42. The Morgan fingerprint density at radius 1 is 1.47 bits per heavy atom. The molecule has 0 bridgehead atoms. The zero-order valence-corrected chi connectivity index (χ0v) is 12.2. The van der Waals surface area contributed by atoms with Crippen LogP contribution in [0.2, 0.25) is 0 Å². The van der Waals surface area contributed by atoms with Gasteiger partial charge in [-0.15, -0.1) is 11.3 Å². The van der Waals surface area contributed by atoms with Crippen LogP contribution in [0.25, 0.3) is 10.2 Å². The van der Waals surface area contributed by atoms with Gasteiger partial charge in [0.05, 0.1) is 11.5 Å². The maximum atomic E-state index is 10.1. The molecule has 0 aliphatic carbocycles. The highest BCUT2D eigenvalue weighted by atomic mass is 32.1. The summed E-state index contributed by atoms with van der Waals surface area (Å²) in [4.78, 5) is 13.4. The van der Waals surface area contributed by atoms with Gasteiger partial charge in [0, 0.05) is 18.0 Å². The molecule has 0 spiro atoms. The zero-order chi connectivity index (χ0) is 13.4. The molecule has 0 radical (unpaired) electrons. The molecule has 1 fully saturated rings. The Balaban J connectivity index is 1.98. The van der Waals surface area contributed by atoms with Gasteiger partial charge in [0.1, 0.15) is 17.0 Å². The minimum absolute atomic E-state index is 0.261. The second-order valence-corrected chi connectivity index (χ2v) is 6.38. The first-order valence-corrected chi connectivity index (χ1v) is 7.67. The van der Waals surface area contributed by atoms with Crippen molar-refractivity contribution in [3.8, 4) is 0 Å². The summed E-state index contributed by atoms with van der Waals surface area (Å²) in [5.41, 5.74) is 0. The quantitative estimate of drug-likeness (QED) is 0.916. The maximum Gasteiger partial charge on any atom is 0.140 e. The van der Waals surface area contributed by atoms with Gasteiger partial charge in [0.15, 0.2) is 0 Å². The molecule has 2 aromatic heterocycles. The summed E-state index contributed by atoms with van der Waals surface area (Å²) in [6, 6.07) is 2.19. The number of hydrogen-bond acceptors (Lipinski definition) is 5. The summed E-state index contributed by atoms with van der Waals surface area (Å²) in [6.45, 7) is 5.90. The van der Waals surface area contributed by atoms with E-state index in [0.717, 1.165) is 35.4 Å². The largest absolute Gasteiger partial charge is 0.391 e. The molecule has 4 nitrogen and oxygen atoms in total. The molecule has 102 valence electrons. The molecule has 19 heavy (non-hydrogen) atoms. The van der Waals surface area contributed by atoms with Crippen molar-refractivity contribution in [1.29, 1.82) is 0 Å². The van der Waals surface area contributed by atoms with Crippen molar-refractivity contribution >= 4 is 27.4 Å². The van der Waals surface area contributed by atoms with Crippen LogP contribution in [0.5, 0.6) is 0 Å². The van der Waals surface area contributed by atoms with Crippen LogP contribution in [-0.4, -0.2) is 34.3 Å². The van der Waals surface area contributed by atoms with Crippen LogP contribution >= 0.6 is 11.3 Å². The Morgan fingerprint density at radius 3 is 3.05 bits per heavy atom. The fourth-order valence-electron chi connectivity index (χ4n) is 2.56. The summed E-state index contributed by atoms with van der Waals surface area (Å²) >= 11 is 1.74. The van der Waals surface area contributed by atoms with E-state index in [1.807, 2.05) is 0 Å². The van der Waals surface area contributed by atoms with Crippen LogP contribution in [-0.2, 0) is 6.42 Å². The predicted molar refractivity (Wildman–Crippen MR) is 78.8 cm³/mol. The molecule has 0 aromatic carbocycles. The van der Waals surface area contributed by atoms with Gasteiger partial charge in [-0.2, -0.15) is 0 Å². The molecular formula is C14H19N3OS. The maximum absolute atomic E-state index is 10.1. The Labute approximate surface area is 117 Å². The number of fused-ring (bicyclic) bond motifs is 1. The molecule has 1 aliphatic rings. The van der Waals surface area contributed by atoms with Gasteiger partial charge >= 0.3 is 0 Å². The highest BCUT2D eigenvalue weighted by Gasteiger charge is 2.26. The number of aliphatic hydroxyl groups excluding tert-OH is 1. The third kappa shape index (κ3) is 2.32. The second-order valence-electron chi connectivity index (χ2n) is 5.26. The minimum Gasteiger partial charge on any atom is -0.391 e. The van der Waals surface area contributed by atoms with Gasteiger partial charge in [0.2, 0.25) is 0 Å². The first-order valence-electron chi connectivity index (χ1n) is 6.85. The van der Waals surface area contributed by atoms with E-state index in [9.17, 15) is 5.11 Å². The van der Waals surface area contributed by atoms with Crippen LogP contribution in [0.3, 0.4) is 0 Å². The van der Waals surface area contributed by atoms with Crippen molar-refractivity contribution in [1.82, 2.24) is 9.97 Å². The summed E-state index contributed by atoms with van der Waals surface area (Å²) < 4.78 is 0. The van der Waals surface area contributed by atoms with Gasteiger partial charge in [-0.3, -0.25) is 0 Å². The molecule has 0 amide bonds. The summed E-state index contributed by atoms with van der Waals surface area (Å²) in [7, 11) is 0. The lowest BCUT2D eigenvalue weighted by atomic mass is 9.96. The molecule has 3 heterocycles. The highest BCUT2D eigenvalue weighted by molar-refractivity contribution is 7.18. The molecule has 2 unspecified atom stereocenters. The number of aromatic nitrogens is 2. The molecule has 5 heteroatoms. The average Bonchev–Trinajstić information content (AvgIpc) is 2.85. The molecule has 0 saturated carbocycles. The normalized spacial score (nSPS) is 24.1. The number of β-amino-alcohol motifs (C(OH)–C–C–N with tert-alkyl or cyclic N) is 1. The number of thiophene rings is 1. The monoisotopic (exact) mass is 277 g/mol. The fourth-order valence-corrected chi connectivity index (χ4v) is 3.49. The van der Waals surface area contributed by atoms with E-state index in [-0.39, 0.29) is 6.10 Å². The van der Waals surface area contributed by atoms with E-state index in [1.165, 1.54) is 4.88 Å². The van der Waals surface area contributed by atoms with Crippen molar-refractivity contribution < 1.29 is 5.11 Å². The molecule has 1 saturated heterocycles. The number of nitrogens with zero attached hydrogens (tertiary/aromatic N) is 3. The average molecular weight is 277 g/mol. The van der Waals surface area contributed by atoms with Crippen molar-refractivity contribution in [3.63, 3.8) is 0 Å². The van der Waals surface area contributed by atoms with Gasteiger partial charge in [0.25, 0.3) is 0 Å². The SMILES string of the molecule is CCc1cc2c(N3CCC(C)C(O)C3)ncnc2s1. The zero-order valence-electron chi connectivity index (χ0n) is 11.3. The van der Waals surface area contributed by atoms with E-state index < -0.39 is 0 Å². The topological polar surface area (TPSA) is 49.2 Å². The predicted octanol–water partition coefficient (Wildman–Crippen LogP) is 2.46. The van der Waals surface area contributed by atoms with Gasteiger partial charge in [-0.1, -0.05) is 13.8 Å². The van der Waals surface area contributed by atoms with Gasteiger partial charge in [-0.05, 0) is 24.8 Å². The Bertz CT molecular complexity index is 583. The Morgan fingerprint density at radius 2 is 2.32 bits per heavy atom. The van der Waals surface area contributed by atoms with Crippen LogP contribution in [0.15, 0.2) is 12.4 Å². The highest BCUT2D eigenvalue weighted by Crippen LogP contribution is 2.32. The Hall–Kier alpha value is -1.20. The number of aryl methyl sites for hydroxylation is 1. The molecule has 3 rings (SSSR count). The fraction of sp³-hybridized carbons (Fsp3) is 0.571. The van der Waals surface area contributed by atoms with Gasteiger partial charge < -0.3 is 10.0 Å². The molecule has 2 atom stereocenters. The van der Waals surface area contributed by atoms with Crippen LogP contribution < -0.4 is 4.90 Å². The van der Waals surface area contributed by atoms with Crippen molar-refractivity contribution in [2.24, 2.45) is 5.92 Å². The molecule has 1 aliphatic heterocycles. The third-order valence-corrected chi connectivity index (χ3v) is 5.11. The third-order valence-electron chi connectivity index (χ3n) is 3.93. The van der Waals surface area contributed by atoms with Crippen LogP contribution in [0.4, 0.5) is 5.82 Å². The first kappa shape index (κ1) is 12.8. The van der Waals surface area contributed by atoms with E-state index in [4.69, 9.17) is 0 Å². The summed E-state index contributed by atoms with van der Waals surface area (Å²) in [5, 5.41) is 11.2. The number of aliphatic hydroxyl groups is 1. The van der Waals surface area contributed by atoms with Crippen LogP contribution in [0.1, 0.15) is 25.1 Å². The lowest BCUT2D eigenvalue weighted by Crippen LogP contribution is -2.43. The van der Waals surface area contributed by atoms with Crippen LogP contribution in [0, 0.1) is 5.92 Å². The van der Waals surface area contributed by atoms with Gasteiger partial charge in [-0.25, -0.2) is 9.97 Å². The van der Waals surface area contributed by atoms with E-state index in [2.05, 4.69) is 34.8 Å². The second kappa shape index (κ2) is 5.06. The molecule has 2 aromatic rings. The number of piperidine rings is 1. The standard InChI is InChI=1S/C14H19N3OS/c1-3-10-6-11-13(15-8-16-14(11)19-10)17-5-4-9(2)12(18)7-17/h6,8-9,12,18H,3-5,7H2,1-2H3. The van der Waals surface area contributed by atoms with E-state index in [1.54, 1.807) is 17.7 Å². The number of hydrogen-bond donors (Lipinski definition) is 1. The number of rotatable bonds is 2. The van der Waals surface area contributed by atoms with E-state index >= 15 is 0 Å². The molecular weight excluding hydrogens is 258 g/mol. The van der Waals surface area contributed by atoms with E-state index in [0.29, 0.717) is 12.5 Å². The smallest absolute Gasteiger partial charge is 0.140 e. The lowest BCUT2D eigenvalue weighted by Gasteiger charge is -2.35. The lowest BCUT2D eigenvalue weighted by molar-refractivity contribution is 0.103. The minimum atomic E-state index is -0.261. The Kier molecular flexibility index (Phi) is 3.41. The van der Waals surface area contributed by atoms with Crippen molar-refractivity contribution in [3.05, 3.63) is 17.3 Å².